The summed E-state index contributed by atoms with van der Waals surface area (Å²) in [6, 6.07) is 64.8. The molecule has 0 N–H and O–H groups in total. The zero-order valence-corrected chi connectivity index (χ0v) is 27.7. The van der Waals surface area contributed by atoms with Crippen LogP contribution in [0, 0.1) is 0 Å². The number of benzene rings is 7. The monoisotopic (exact) mass is 629 g/mol. The molecule has 2 aliphatic rings. The van der Waals surface area contributed by atoms with Crippen LogP contribution in [0.2, 0.25) is 0 Å². The molecule has 7 aromatic rings. The van der Waals surface area contributed by atoms with Gasteiger partial charge in [-0.05, 0) is 111 Å². The maximum atomic E-state index is 2.53. The summed E-state index contributed by atoms with van der Waals surface area (Å²) in [4.78, 5) is 2.44. The van der Waals surface area contributed by atoms with E-state index in [9.17, 15) is 0 Å². The highest BCUT2D eigenvalue weighted by molar-refractivity contribution is 5.88. The molecule has 49 heavy (non-hydrogen) atoms. The Labute approximate surface area is 290 Å². The average Bonchev–Trinajstić information content (AvgIpc) is 3.44. The van der Waals surface area contributed by atoms with E-state index < -0.39 is 0 Å². The minimum atomic E-state index is 0.0454. The maximum absolute atomic E-state index is 2.53. The largest absolute Gasteiger partial charge is 0.310 e. The molecular formula is C48H39N. The number of anilines is 3. The smallest absolute Gasteiger partial charge is 0.0465 e. The lowest BCUT2D eigenvalue weighted by atomic mass is 9.67. The second-order valence-corrected chi connectivity index (χ2v) is 13.7. The van der Waals surface area contributed by atoms with E-state index in [1.807, 2.05) is 0 Å². The van der Waals surface area contributed by atoms with E-state index in [0.29, 0.717) is 0 Å². The van der Waals surface area contributed by atoms with Crippen LogP contribution in [0.25, 0.3) is 44.5 Å². The number of nitrogens with zero attached hydrogens (tertiary/aromatic N) is 1. The summed E-state index contributed by atoms with van der Waals surface area (Å²) in [6.07, 6.45) is 6.26. The standard InChI is InChI=1S/C48H39N/c1-5-13-35(14-6-1)38-19-24-41(25-20-38)49(42-26-21-39(22-27-42)36-15-7-2-8-16-36)43-28-30-45-44-29-23-40(37-17-9-3-10-18-37)33-46(44)48(47(45)34-43)31-11-4-12-32-48/h1-3,5-10,13-30,33-34H,4,11-12,31-32H2. The molecule has 1 spiro atoms. The Bertz CT molecular complexity index is 2130. The third kappa shape index (κ3) is 5.27. The van der Waals surface area contributed by atoms with Gasteiger partial charge in [0.05, 0.1) is 0 Å². The van der Waals surface area contributed by atoms with Gasteiger partial charge in [-0.2, -0.15) is 0 Å². The molecule has 0 atom stereocenters. The molecule has 2 aliphatic carbocycles. The predicted molar refractivity (Wildman–Crippen MR) is 207 cm³/mol. The minimum Gasteiger partial charge on any atom is -0.310 e. The topological polar surface area (TPSA) is 3.24 Å². The number of hydrogen-bond acceptors (Lipinski definition) is 1. The first-order valence-electron chi connectivity index (χ1n) is 17.7. The highest BCUT2D eigenvalue weighted by Crippen LogP contribution is 2.57. The van der Waals surface area contributed by atoms with Crippen molar-refractivity contribution in [3.05, 3.63) is 187 Å². The number of rotatable bonds is 6. The third-order valence-electron chi connectivity index (χ3n) is 10.9. The van der Waals surface area contributed by atoms with Crippen molar-refractivity contribution in [1.29, 1.82) is 0 Å². The van der Waals surface area contributed by atoms with E-state index in [1.165, 1.54) is 93.4 Å². The Hall–Kier alpha value is -5.66. The summed E-state index contributed by atoms with van der Waals surface area (Å²) in [5, 5.41) is 0. The van der Waals surface area contributed by atoms with E-state index in [2.05, 4.69) is 181 Å². The van der Waals surface area contributed by atoms with Crippen LogP contribution >= 0.6 is 0 Å². The van der Waals surface area contributed by atoms with Crippen LogP contribution in [0.1, 0.15) is 43.2 Å². The lowest BCUT2D eigenvalue weighted by Gasteiger charge is -2.37. The van der Waals surface area contributed by atoms with Crippen LogP contribution < -0.4 is 4.90 Å². The fraction of sp³-hybridized carbons (Fsp3) is 0.125. The molecule has 0 bridgehead atoms. The second kappa shape index (κ2) is 12.4. The van der Waals surface area contributed by atoms with Gasteiger partial charge in [-0.25, -0.2) is 0 Å². The van der Waals surface area contributed by atoms with E-state index in [0.717, 1.165) is 11.4 Å². The van der Waals surface area contributed by atoms with Crippen molar-refractivity contribution >= 4 is 17.1 Å². The molecule has 9 rings (SSSR count). The van der Waals surface area contributed by atoms with Gasteiger partial charge >= 0.3 is 0 Å². The van der Waals surface area contributed by atoms with Crippen LogP contribution in [0.15, 0.2) is 176 Å². The quantitative estimate of drug-likeness (QED) is 0.177. The highest BCUT2D eigenvalue weighted by atomic mass is 15.1. The molecule has 0 saturated heterocycles. The van der Waals surface area contributed by atoms with Crippen molar-refractivity contribution in [2.75, 3.05) is 4.90 Å². The molecule has 1 fully saturated rings. The molecule has 0 aliphatic heterocycles. The molecule has 1 heteroatoms. The number of fused-ring (bicyclic) bond motifs is 5. The number of hydrogen-bond donors (Lipinski definition) is 0. The molecular weight excluding hydrogens is 591 g/mol. The van der Waals surface area contributed by atoms with Gasteiger partial charge in [0.15, 0.2) is 0 Å². The first-order valence-corrected chi connectivity index (χ1v) is 17.7. The van der Waals surface area contributed by atoms with E-state index in [-0.39, 0.29) is 5.41 Å². The second-order valence-electron chi connectivity index (χ2n) is 13.7. The summed E-state index contributed by atoms with van der Waals surface area (Å²) < 4.78 is 0. The van der Waals surface area contributed by atoms with Crippen molar-refractivity contribution in [1.82, 2.24) is 0 Å². The van der Waals surface area contributed by atoms with Crippen LogP contribution in [0.5, 0.6) is 0 Å². The fourth-order valence-electron chi connectivity index (χ4n) is 8.44. The van der Waals surface area contributed by atoms with E-state index in [1.54, 1.807) is 0 Å². The fourth-order valence-corrected chi connectivity index (χ4v) is 8.44. The Balaban J connectivity index is 1.17. The van der Waals surface area contributed by atoms with Gasteiger partial charge in [-0.1, -0.05) is 153 Å². The van der Waals surface area contributed by atoms with Gasteiger partial charge < -0.3 is 4.90 Å². The minimum absolute atomic E-state index is 0.0454. The Morgan fingerprint density at radius 2 is 0.714 bits per heavy atom. The Morgan fingerprint density at radius 3 is 1.22 bits per heavy atom. The third-order valence-corrected chi connectivity index (χ3v) is 10.9. The highest BCUT2D eigenvalue weighted by Gasteiger charge is 2.44. The van der Waals surface area contributed by atoms with Crippen molar-refractivity contribution in [3.63, 3.8) is 0 Å². The molecule has 0 heterocycles. The van der Waals surface area contributed by atoms with Gasteiger partial charge in [0, 0.05) is 22.5 Å². The van der Waals surface area contributed by atoms with Crippen molar-refractivity contribution in [3.8, 4) is 44.5 Å². The van der Waals surface area contributed by atoms with Crippen molar-refractivity contribution in [2.24, 2.45) is 0 Å². The normalized spacial score (nSPS) is 14.3. The predicted octanol–water partition coefficient (Wildman–Crippen LogP) is 13.4. The summed E-state index contributed by atoms with van der Waals surface area (Å²) in [5.41, 5.74) is 16.9. The molecule has 7 aromatic carbocycles. The van der Waals surface area contributed by atoms with E-state index >= 15 is 0 Å². The van der Waals surface area contributed by atoms with Crippen molar-refractivity contribution in [2.45, 2.75) is 37.5 Å². The lowest BCUT2D eigenvalue weighted by Crippen LogP contribution is -2.28. The first-order chi connectivity index (χ1) is 24.3. The van der Waals surface area contributed by atoms with Crippen LogP contribution in [0.3, 0.4) is 0 Å². The Morgan fingerprint density at radius 1 is 0.327 bits per heavy atom. The summed E-state index contributed by atoms with van der Waals surface area (Å²) >= 11 is 0. The molecule has 1 saturated carbocycles. The lowest BCUT2D eigenvalue weighted by molar-refractivity contribution is 0.353. The van der Waals surface area contributed by atoms with Gasteiger partial charge in [-0.15, -0.1) is 0 Å². The van der Waals surface area contributed by atoms with Gasteiger partial charge in [0.2, 0.25) is 0 Å². The van der Waals surface area contributed by atoms with Gasteiger partial charge in [0.1, 0.15) is 0 Å². The van der Waals surface area contributed by atoms with Crippen molar-refractivity contribution < 1.29 is 0 Å². The van der Waals surface area contributed by atoms with Gasteiger partial charge in [-0.3, -0.25) is 0 Å². The zero-order chi connectivity index (χ0) is 32.6. The molecule has 0 aromatic heterocycles. The van der Waals surface area contributed by atoms with E-state index in [4.69, 9.17) is 0 Å². The van der Waals surface area contributed by atoms with Crippen LogP contribution in [-0.2, 0) is 5.41 Å². The van der Waals surface area contributed by atoms with Crippen LogP contribution in [0.4, 0.5) is 17.1 Å². The molecule has 0 radical (unpaired) electrons. The average molecular weight is 630 g/mol. The Kier molecular flexibility index (Phi) is 7.47. The molecule has 0 amide bonds. The summed E-state index contributed by atoms with van der Waals surface area (Å²) in [7, 11) is 0. The molecule has 1 nitrogen and oxygen atoms in total. The maximum Gasteiger partial charge on any atom is 0.0465 e. The molecule has 236 valence electrons. The summed E-state index contributed by atoms with van der Waals surface area (Å²) in [6.45, 7) is 0. The summed E-state index contributed by atoms with van der Waals surface area (Å²) in [5.74, 6) is 0. The first kappa shape index (κ1) is 29.5. The van der Waals surface area contributed by atoms with Crippen LogP contribution in [-0.4, -0.2) is 0 Å². The molecule has 0 unspecified atom stereocenters. The SMILES string of the molecule is c1ccc(-c2ccc(N(c3ccc(-c4ccccc4)cc3)c3ccc4c(c3)C3(CCCCC3)c3cc(-c5ccccc5)ccc3-4)cc2)cc1. The zero-order valence-electron chi connectivity index (χ0n) is 27.7. The van der Waals surface area contributed by atoms with Gasteiger partial charge in [0.25, 0.3) is 0 Å².